The van der Waals surface area contributed by atoms with Gasteiger partial charge in [-0.3, -0.25) is 14.6 Å². The lowest BCUT2D eigenvalue weighted by molar-refractivity contribution is 0.0865. The Bertz CT molecular complexity index is 935. The minimum atomic E-state index is -0.661. The molecule has 0 aliphatic rings. The fourth-order valence-electron chi connectivity index (χ4n) is 2.24. The topological polar surface area (TPSA) is 118 Å². The highest BCUT2D eigenvalue weighted by Gasteiger charge is 2.21. The van der Waals surface area contributed by atoms with Gasteiger partial charge in [0.2, 0.25) is 11.5 Å². The fraction of sp³-hybridized carbons (Fsp3) is 0.235. The Morgan fingerprint density at radius 2 is 2.19 bits per heavy atom. The Balaban J connectivity index is 1.75. The molecule has 0 aliphatic heterocycles. The van der Waals surface area contributed by atoms with Gasteiger partial charge in [-0.15, -0.1) is 11.3 Å². The van der Waals surface area contributed by atoms with Crippen molar-refractivity contribution in [3.63, 3.8) is 0 Å². The molecule has 0 aromatic carbocycles. The van der Waals surface area contributed by atoms with Crippen LogP contribution in [-0.2, 0) is 0 Å². The number of thiazole rings is 1. The van der Waals surface area contributed by atoms with Crippen LogP contribution < -0.4 is 5.32 Å². The molecule has 8 nitrogen and oxygen atoms in total. The number of amides is 1. The lowest BCUT2D eigenvalue weighted by Gasteiger charge is -2.09. The van der Waals surface area contributed by atoms with Gasteiger partial charge in [0.05, 0.1) is 17.4 Å². The standard InChI is InChI=1S/C17H16N4O4S/c1-9(12-7-14(25-21-12)13(23)8-22)19-16(24)15-10(2)20-17(26-15)11-5-3-4-6-18-11/h3-7,9,22H,8H2,1-2H3,(H,19,24)/t9-/m1/s1. The van der Waals surface area contributed by atoms with Crippen molar-refractivity contribution in [3.8, 4) is 10.7 Å². The average molecular weight is 372 g/mol. The Morgan fingerprint density at radius 1 is 1.38 bits per heavy atom. The highest BCUT2D eigenvalue weighted by atomic mass is 32.1. The molecule has 0 radical (unpaired) electrons. The third-order valence-electron chi connectivity index (χ3n) is 3.62. The maximum Gasteiger partial charge on any atom is 0.263 e. The zero-order chi connectivity index (χ0) is 18.7. The van der Waals surface area contributed by atoms with Crippen molar-refractivity contribution in [2.45, 2.75) is 19.9 Å². The van der Waals surface area contributed by atoms with Crippen LogP contribution in [0, 0.1) is 6.92 Å². The molecule has 0 fully saturated rings. The van der Waals surface area contributed by atoms with Gasteiger partial charge in [0, 0.05) is 12.3 Å². The van der Waals surface area contributed by atoms with E-state index in [1.165, 1.54) is 17.4 Å². The van der Waals surface area contributed by atoms with Crippen LogP contribution in [0.1, 0.15) is 44.6 Å². The first kappa shape index (κ1) is 17.9. The van der Waals surface area contributed by atoms with Crippen LogP contribution in [-0.4, -0.2) is 38.5 Å². The van der Waals surface area contributed by atoms with Crippen LogP contribution in [0.15, 0.2) is 35.0 Å². The second-order valence-electron chi connectivity index (χ2n) is 5.54. The molecule has 1 amide bonds. The summed E-state index contributed by atoms with van der Waals surface area (Å²) in [5.41, 5.74) is 1.70. The first-order valence-corrected chi connectivity index (χ1v) is 8.61. The number of nitrogens with zero attached hydrogens (tertiary/aromatic N) is 3. The summed E-state index contributed by atoms with van der Waals surface area (Å²) in [6.45, 7) is 2.82. The van der Waals surface area contributed by atoms with Gasteiger partial charge in [0.1, 0.15) is 22.2 Å². The van der Waals surface area contributed by atoms with Gasteiger partial charge < -0.3 is 14.9 Å². The van der Waals surface area contributed by atoms with Gasteiger partial charge in [-0.2, -0.15) is 0 Å². The minimum Gasteiger partial charge on any atom is -0.388 e. The molecule has 26 heavy (non-hydrogen) atoms. The number of carbonyl (C=O) groups excluding carboxylic acids is 2. The zero-order valence-corrected chi connectivity index (χ0v) is 14.9. The van der Waals surface area contributed by atoms with E-state index in [9.17, 15) is 9.59 Å². The molecule has 0 aliphatic carbocycles. The number of rotatable bonds is 6. The Morgan fingerprint density at radius 3 is 2.88 bits per heavy atom. The number of ketones is 1. The van der Waals surface area contributed by atoms with Crippen molar-refractivity contribution >= 4 is 23.0 Å². The average Bonchev–Trinajstić information content (AvgIpc) is 3.29. The second kappa shape index (κ2) is 7.54. The third-order valence-corrected chi connectivity index (χ3v) is 4.80. The number of Topliss-reactive ketones (excluding diaryl/α,β-unsaturated/α-hetero) is 1. The monoisotopic (exact) mass is 372 g/mol. The number of aliphatic hydroxyl groups is 1. The smallest absolute Gasteiger partial charge is 0.263 e. The number of carbonyl (C=O) groups is 2. The second-order valence-corrected chi connectivity index (χ2v) is 6.54. The van der Waals surface area contributed by atoms with E-state index in [1.54, 1.807) is 20.0 Å². The first-order chi connectivity index (χ1) is 12.5. The summed E-state index contributed by atoms with van der Waals surface area (Å²) in [5.74, 6) is -0.914. The fourth-order valence-corrected chi connectivity index (χ4v) is 3.19. The predicted octanol–water partition coefficient (Wildman–Crippen LogP) is 2.17. The molecule has 0 unspecified atom stereocenters. The summed E-state index contributed by atoms with van der Waals surface area (Å²) < 4.78 is 4.88. The minimum absolute atomic E-state index is 0.0463. The van der Waals surface area contributed by atoms with Crippen LogP contribution in [0.25, 0.3) is 10.7 Å². The van der Waals surface area contributed by atoms with Gasteiger partial charge in [0.25, 0.3) is 5.91 Å². The molecule has 1 atom stereocenters. The normalized spacial score (nSPS) is 12.0. The number of aromatic nitrogens is 3. The summed E-state index contributed by atoms with van der Waals surface area (Å²) >= 11 is 1.25. The van der Waals surface area contributed by atoms with E-state index in [0.29, 0.717) is 27.0 Å². The molecule has 0 spiro atoms. The van der Waals surface area contributed by atoms with Crippen LogP contribution in [0.4, 0.5) is 0 Å². The SMILES string of the molecule is Cc1nc(-c2ccccn2)sc1C(=O)N[C@H](C)c1cc(C(=O)CO)on1. The van der Waals surface area contributed by atoms with Crippen molar-refractivity contribution < 1.29 is 19.2 Å². The third kappa shape index (κ3) is 3.68. The van der Waals surface area contributed by atoms with Crippen LogP contribution in [0.5, 0.6) is 0 Å². The highest BCUT2D eigenvalue weighted by molar-refractivity contribution is 7.17. The number of pyridine rings is 1. The largest absolute Gasteiger partial charge is 0.388 e. The van der Waals surface area contributed by atoms with E-state index >= 15 is 0 Å². The molecular weight excluding hydrogens is 356 g/mol. The van der Waals surface area contributed by atoms with E-state index in [2.05, 4.69) is 20.4 Å². The maximum atomic E-state index is 12.6. The highest BCUT2D eigenvalue weighted by Crippen LogP contribution is 2.27. The Labute approximate surface area is 152 Å². The van der Waals surface area contributed by atoms with Crippen molar-refractivity contribution in [1.29, 1.82) is 0 Å². The molecule has 3 heterocycles. The molecule has 3 aromatic heterocycles. The van der Waals surface area contributed by atoms with Crippen LogP contribution in [0.2, 0.25) is 0 Å². The molecule has 0 saturated heterocycles. The lowest BCUT2D eigenvalue weighted by atomic mass is 10.2. The molecular formula is C17H16N4O4S. The van der Waals surface area contributed by atoms with Crippen molar-refractivity contribution in [1.82, 2.24) is 20.4 Å². The van der Waals surface area contributed by atoms with Crippen molar-refractivity contribution in [2.75, 3.05) is 6.61 Å². The van der Waals surface area contributed by atoms with E-state index in [4.69, 9.17) is 9.63 Å². The molecule has 3 aromatic rings. The summed E-state index contributed by atoms with van der Waals surface area (Å²) in [6, 6.07) is 6.43. The van der Waals surface area contributed by atoms with Gasteiger partial charge >= 0.3 is 0 Å². The summed E-state index contributed by atoms with van der Waals surface area (Å²) in [6.07, 6.45) is 1.67. The van der Waals surface area contributed by atoms with E-state index in [0.717, 1.165) is 0 Å². The number of aryl methyl sites for hydroxylation is 1. The van der Waals surface area contributed by atoms with Gasteiger partial charge in [-0.1, -0.05) is 11.2 Å². The molecule has 3 rings (SSSR count). The molecule has 9 heteroatoms. The molecule has 0 bridgehead atoms. The summed E-state index contributed by atoms with van der Waals surface area (Å²) in [4.78, 5) is 33.1. The molecule has 2 N–H and O–H groups in total. The van der Waals surface area contributed by atoms with E-state index in [1.807, 2.05) is 18.2 Å². The van der Waals surface area contributed by atoms with E-state index in [-0.39, 0.29) is 11.7 Å². The van der Waals surface area contributed by atoms with Crippen molar-refractivity contribution in [2.24, 2.45) is 0 Å². The van der Waals surface area contributed by atoms with Crippen molar-refractivity contribution in [3.05, 3.63) is 52.5 Å². The number of hydrogen-bond acceptors (Lipinski definition) is 8. The molecule has 0 saturated carbocycles. The van der Waals surface area contributed by atoms with Gasteiger partial charge in [-0.05, 0) is 26.0 Å². The molecule has 134 valence electrons. The van der Waals surface area contributed by atoms with Crippen LogP contribution >= 0.6 is 11.3 Å². The Hall–Kier alpha value is -2.91. The lowest BCUT2D eigenvalue weighted by Crippen LogP contribution is -2.26. The van der Waals surface area contributed by atoms with E-state index < -0.39 is 18.4 Å². The number of nitrogens with one attached hydrogen (secondary N) is 1. The zero-order valence-electron chi connectivity index (χ0n) is 14.1. The predicted molar refractivity (Wildman–Crippen MR) is 93.9 cm³/mol. The summed E-state index contributed by atoms with van der Waals surface area (Å²) in [5, 5.41) is 16.1. The van der Waals surface area contributed by atoms with Gasteiger partial charge in [-0.25, -0.2) is 4.98 Å². The number of hydrogen-bond donors (Lipinski definition) is 2. The van der Waals surface area contributed by atoms with Crippen LogP contribution in [0.3, 0.4) is 0 Å². The summed E-state index contributed by atoms with van der Waals surface area (Å²) in [7, 11) is 0. The quantitative estimate of drug-likeness (QED) is 0.637. The Kier molecular flexibility index (Phi) is 5.19. The maximum absolute atomic E-state index is 12.6. The first-order valence-electron chi connectivity index (χ1n) is 7.80. The van der Waals surface area contributed by atoms with Gasteiger partial charge in [0.15, 0.2) is 0 Å². The number of aliphatic hydroxyl groups excluding tert-OH is 1.